The van der Waals surface area contributed by atoms with Crippen LogP contribution in [0.5, 0.6) is 0 Å². The van der Waals surface area contributed by atoms with E-state index in [1.807, 2.05) is 0 Å². The van der Waals surface area contributed by atoms with E-state index in [0.29, 0.717) is 11.8 Å². The monoisotopic (exact) mass is 364 g/mol. The van der Waals surface area contributed by atoms with Gasteiger partial charge in [0.2, 0.25) is 0 Å². The molecule has 3 saturated carbocycles. The van der Waals surface area contributed by atoms with Crippen molar-refractivity contribution in [2.45, 2.75) is 96.9 Å². The summed E-state index contributed by atoms with van der Waals surface area (Å²) in [6.45, 7) is 13.9. The Morgan fingerprint density at radius 3 is 2.40 bits per heavy atom. The fourth-order valence-corrected chi connectivity index (χ4v) is 5.52. The molecule has 0 radical (unpaired) electrons. The van der Waals surface area contributed by atoms with E-state index in [-0.39, 0.29) is 17.1 Å². The molecule has 0 aromatic rings. The number of rotatable bonds is 9. The van der Waals surface area contributed by atoms with Crippen LogP contribution in [0.1, 0.15) is 72.6 Å². The molecule has 2 nitrogen and oxygen atoms in total. The normalized spacial score (nSPS) is 31.0. The van der Waals surface area contributed by atoms with Crippen molar-refractivity contribution in [2.24, 2.45) is 23.7 Å². The highest BCUT2D eigenvalue weighted by Gasteiger charge is 2.44. The predicted molar refractivity (Wildman–Crippen MR) is 109 cm³/mol. The molecule has 3 atom stereocenters. The highest BCUT2D eigenvalue weighted by Crippen LogP contribution is 2.51. The fourth-order valence-electron chi connectivity index (χ4n) is 4.22. The molecule has 0 unspecified atom stereocenters. The van der Waals surface area contributed by atoms with Crippen molar-refractivity contribution >= 4 is 14.6 Å². The Bertz CT molecular complexity index is 457. The number of allylic oxidation sites excluding steroid dienone is 1. The number of hydrogen-bond acceptors (Lipinski definition) is 2. The summed E-state index contributed by atoms with van der Waals surface area (Å²) in [5.41, 5.74) is 0. The number of hydrogen-bond donors (Lipinski definition) is 0. The second-order valence-corrected chi connectivity index (χ2v) is 14.8. The topological polar surface area (TPSA) is 26.3 Å². The van der Waals surface area contributed by atoms with Crippen LogP contribution >= 0.6 is 0 Å². The molecule has 0 amide bonds. The van der Waals surface area contributed by atoms with Gasteiger partial charge >= 0.3 is 0 Å². The first kappa shape index (κ1) is 20.9. The Hall–Kier alpha value is -0.413. The van der Waals surface area contributed by atoms with E-state index in [9.17, 15) is 4.79 Å². The molecule has 0 spiro atoms. The van der Waals surface area contributed by atoms with Crippen molar-refractivity contribution in [1.82, 2.24) is 0 Å². The fraction of sp³-hybridized carbons (Fsp3) is 0.864. The highest BCUT2D eigenvalue weighted by molar-refractivity contribution is 6.74. The van der Waals surface area contributed by atoms with Gasteiger partial charge in [-0.3, -0.25) is 0 Å². The lowest BCUT2D eigenvalue weighted by molar-refractivity contribution is -0.119. The Labute approximate surface area is 156 Å². The molecule has 2 bridgehead atoms. The molecule has 3 heteroatoms. The lowest BCUT2D eigenvalue weighted by Crippen LogP contribution is -2.44. The van der Waals surface area contributed by atoms with E-state index < -0.39 is 8.32 Å². The van der Waals surface area contributed by atoms with Crippen LogP contribution in [-0.2, 0) is 9.22 Å². The molecule has 0 aromatic carbocycles. The second kappa shape index (κ2) is 8.52. The van der Waals surface area contributed by atoms with Gasteiger partial charge in [0.1, 0.15) is 6.29 Å². The van der Waals surface area contributed by atoms with Crippen molar-refractivity contribution < 1.29 is 9.22 Å². The van der Waals surface area contributed by atoms with Crippen LogP contribution < -0.4 is 0 Å². The van der Waals surface area contributed by atoms with E-state index in [2.05, 4.69) is 52.9 Å². The summed E-state index contributed by atoms with van der Waals surface area (Å²) in [4.78, 5) is 11.6. The summed E-state index contributed by atoms with van der Waals surface area (Å²) in [5.74, 6) is 2.23. The molecule has 3 aliphatic rings. The minimum atomic E-state index is -1.77. The maximum atomic E-state index is 11.6. The molecule has 3 fully saturated rings. The maximum Gasteiger partial charge on any atom is 0.192 e. The van der Waals surface area contributed by atoms with E-state index in [1.165, 1.54) is 44.8 Å². The van der Waals surface area contributed by atoms with Crippen molar-refractivity contribution in [3.8, 4) is 0 Å². The SMILES string of the molecule is CCCCC[C@@H](/C=C/[C@H]1CC2CC(C2)[C@@H]1C=O)O[Si](C)(C)C(C)(C)C. The summed E-state index contributed by atoms with van der Waals surface area (Å²) in [6, 6.07) is 0. The van der Waals surface area contributed by atoms with E-state index >= 15 is 0 Å². The molecule has 3 aliphatic carbocycles. The highest BCUT2D eigenvalue weighted by atomic mass is 28.4. The largest absolute Gasteiger partial charge is 0.411 e. The molecule has 25 heavy (non-hydrogen) atoms. The number of aldehydes is 1. The van der Waals surface area contributed by atoms with Gasteiger partial charge in [0, 0.05) is 5.92 Å². The van der Waals surface area contributed by atoms with Gasteiger partial charge in [-0.05, 0) is 61.6 Å². The van der Waals surface area contributed by atoms with Crippen molar-refractivity contribution in [1.29, 1.82) is 0 Å². The summed E-state index contributed by atoms with van der Waals surface area (Å²) in [5, 5.41) is 0.238. The second-order valence-electron chi connectivity index (χ2n) is 10.0. The van der Waals surface area contributed by atoms with Gasteiger partial charge in [-0.2, -0.15) is 0 Å². The maximum absolute atomic E-state index is 11.6. The first-order valence-electron chi connectivity index (χ1n) is 10.5. The third-order valence-electron chi connectivity index (χ3n) is 6.99. The zero-order chi connectivity index (χ0) is 18.7. The quantitative estimate of drug-likeness (QED) is 0.205. The van der Waals surface area contributed by atoms with Crippen molar-refractivity contribution in [3.05, 3.63) is 12.2 Å². The van der Waals surface area contributed by atoms with Gasteiger partial charge in [0.05, 0.1) is 6.10 Å². The Morgan fingerprint density at radius 2 is 1.84 bits per heavy atom. The van der Waals surface area contributed by atoms with Crippen molar-refractivity contribution in [3.63, 3.8) is 0 Å². The average molecular weight is 365 g/mol. The molecule has 0 saturated heterocycles. The van der Waals surface area contributed by atoms with E-state index in [0.717, 1.165) is 12.3 Å². The van der Waals surface area contributed by atoms with Crippen LogP contribution in [0.4, 0.5) is 0 Å². The number of carbonyl (C=O) groups is 1. The smallest absolute Gasteiger partial charge is 0.192 e. The lowest BCUT2D eigenvalue weighted by atomic mass is 9.56. The minimum Gasteiger partial charge on any atom is -0.411 e. The Balaban J connectivity index is 2.03. The van der Waals surface area contributed by atoms with Crippen LogP contribution in [0.25, 0.3) is 0 Å². The average Bonchev–Trinajstić information content (AvgIpc) is 2.50. The van der Waals surface area contributed by atoms with Gasteiger partial charge < -0.3 is 9.22 Å². The predicted octanol–water partition coefficient (Wildman–Crippen LogP) is 6.37. The van der Waals surface area contributed by atoms with Crippen LogP contribution in [0, 0.1) is 23.7 Å². The molecule has 0 aliphatic heterocycles. The zero-order valence-corrected chi connectivity index (χ0v) is 18.4. The third kappa shape index (κ3) is 5.29. The summed E-state index contributed by atoms with van der Waals surface area (Å²) >= 11 is 0. The van der Waals surface area contributed by atoms with Crippen LogP contribution in [0.3, 0.4) is 0 Å². The molecule has 144 valence electrons. The van der Waals surface area contributed by atoms with Crippen LogP contribution in [-0.4, -0.2) is 20.7 Å². The first-order valence-corrected chi connectivity index (χ1v) is 13.4. The Kier molecular flexibility index (Phi) is 7.12. The summed E-state index contributed by atoms with van der Waals surface area (Å²) in [6.07, 6.45) is 14.8. The van der Waals surface area contributed by atoms with Crippen LogP contribution in [0.2, 0.25) is 18.1 Å². The first-order chi connectivity index (χ1) is 11.7. The molecule has 3 rings (SSSR count). The van der Waals surface area contributed by atoms with Crippen LogP contribution in [0.15, 0.2) is 12.2 Å². The van der Waals surface area contributed by atoms with Crippen molar-refractivity contribution in [2.75, 3.05) is 0 Å². The number of unbranched alkanes of at least 4 members (excludes halogenated alkanes) is 2. The molecule has 0 heterocycles. The van der Waals surface area contributed by atoms with Gasteiger partial charge in [0.15, 0.2) is 8.32 Å². The third-order valence-corrected chi connectivity index (χ3v) is 11.5. The number of fused-ring (bicyclic) bond motifs is 2. The lowest BCUT2D eigenvalue weighted by Gasteiger charge is -2.48. The van der Waals surface area contributed by atoms with Gasteiger partial charge in [-0.1, -0.05) is 59.1 Å². The minimum absolute atomic E-state index is 0.220. The van der Waals surface area contributed by atoms with Gasteiger partial charge in [-0.15, -0.1) is 0 Å². The van der Waals surface area contributed by atoms with Gasteiger partial charge in [-0.25, -0.2) is 0 Å². The van der Waals surface area contributed by atoms with E-state index in [4.69, 9.17) is 4.43 Å². The van der Waals surface area contributed by atoms with E-state index in [1.54, 1.807) is 0 Å². The Morgan fingerprint density at radius 1 is 1.16 bits per heavy atom. The molecule has 0 N–H and O–H groups in total. The molecular formula is C22H40O2Si. The van der Waals surface area contributed by atoms with Gasteiger partial charge in [0.25, 0.3) is 0 Å². The zero-order valence-electron chi connectivity index (χ0n) is 17.4. The summed E-state index contributed by atoms with van der Waals surface area (Å²) in [7, 11) is -1.77. The number of carbonyl (C=O) groups excluding carboxylic acids is 1. The summed E-state index contributed by atoms with van der Waals surface area (Å²) < 4.78 is 6.71. The molecule has 0 aromatic heterocycles. The molecular weight excluding hydrogens is 324 g/mol. The standard InChI is InChI=1S/C22H40O2Si/c1-7-8-9-10-20(24-25(5,6)22(2,3)4)12-11-18-13-17-14-19(15-17)21(18)16-23/h11-12,16-21H,7-10,13-15H2,1-6H3/b12-11+/t17?,18-,19?,20-,21+/m0/s1.